The molecule has 1 aromatic rings. The lowest BCUT2D eigenvalue weighted by molar-refractivity contribution is 0.634. The van der Waals surface area contributed by atoms with Crippen molar-refractivity contribution in [3.05, 3.63) is 26.3 Å². The van der Waals surface area contributed by atoms with Gasteiger partial charge < -0.3 is 4.98 Å². The number of nitrogens with zero attached hydrogens (tertiary/aromatic N) is 1. The molecule has 19 heavy (non-hydrogen) atoms. The van der Waals surface area contributed by atoms with Crippen LogP contribution in [-0.2, 0) is 0 Å². The SMILES string of the molecule is O=c1[nH]c(C2CCCCS2)nc(C2CCCC2)c1Br. The van der Waals surface area contributed by atoms with Gasteiger partial charge in [-0.05, 0) is 47.4 Å². The Bertz CT molecular complexity index is 505. The molecule has 1 saturated carbocycles. The van der Waals surface area contributed by atoms with Crippen molar-refractivity contribution in [1.82, 2.24) is 9.97 Å². The molecule has 2 aliphatic rings. The Kier molecular flexibility index (Phi) is 4.32. The fourth-order valence-corrected chi connectivity index (χ4v) is 4.84. The molecule has 1 aliphatic heterocycles. The minimum atomic E-state index is -0.00178. The molecule has 1 aliphatic carbocycles. The molecular formula is C14H19BrN2OS. The van der Waals surface area contributed by atoms with Gasteiger partial charge in [-0.15, -0.1) is 0 Å². The molecule has 0 bridgehead atoms. The van der Waals surface area contributed by atoms with Gasteiger partial charge in [-0.25, -0.2) is 4.98 Å². The minimum Gasteiger partial charge on any atom is -0.309 e. The quantitative estimate of drug-likeness (QED) is 0.877. The van der Waals surface area contributed by atoms with Gasteiger partial charge in [-0.1, -0.05) is 19.3 Å². The van der Waals surface area contributed by atoms with Crippen LogP contribution in [0.2, 0.25) is 0 Å². The van der Waals surface area contributed by atoms with Crippen LogP contribution >= 0.6 is 27.7 Å². The molecule has 5 heteroatoms. The number of thioether (sulfide) groups is 1. The Labute approximate surface area is 126 Å². The molecule has 2 fully saturated rings. The van der Waals surface area contributed by atoms with Gasteiger partial charge in [0.15, 0.2) is 0 Å². The van der Waals surface area contributed by atoms with Crippen molar-refractivity contribution >= 4 is 27.7 Å². The highest BCUT2D eigenvalue weighted by molar-refractivity contribution is 9.10. The standard InChI is InChI=1S/C14H19BrN2OS/c15-11-12(9-5-1-2-6-9)16-13(17-14(11)18)10-7-3-4-8-19-10/h9-10H,1-8H2,(H,16,17,18). The minimum absolute atomic E-state index is 0.00178. The highest BCUT2D eigenvalue weighted by Gasteiger charge is 2.25. The summed E-state index contributed by atoms with van der Waals surface area (Å²) < 4.78 is 0.656. The third kappa shape index (κ3) is 2.92. The zero-order valence-electron chi connectivity index (χ0n) is 11.0. The van der Waals surface area contributed by atoms with E-state index >= 15 is 0 Å². The monoisotopic (exact) mass is 342 g/mol. The lowest BCUT2D eigenvalue weighted by Crippen LogP contribution is -2.19. The van der Waals surface area contributed by atoms with Crippen molar-refractivity contribution in [2.75, 3.05) is 5.75 Å². The van der Waals surface area contributed by atoms with Gasteiger partial charge in [0, 0.05) is 5.92 Å². The van der Waals surface area contributed by atoms with Gasteiger partial charge in [-0.2, -0.15) is 11.8 Å². The van der Waals surface area contributed by atoms with E-state index in [1.807, 2.05) is 11.8 Å². The Morgan fingerprint density at radius 1 is 1.16 bits per heavy atom. The van der Waals surface area contributed by atoms with Crippen LogP contribution in [0.15, 0.2) is 9.27 Å². The first-order chi connectivity index (χ1) is 9.25. The lowest BCUT2D eigenvalue weighted by atomic mass is 10.0. The fraction of sp³-hybridized carbons (Fsp3) is 0.714. The maximum Gasteiger partial charge on any atom is 0.265 e. The number of H-pyrrole nitrogens is 1. The number of rotatable bonds is 2. The Hall–Kier alpha value is -0.290. The van der Waals surface area contributed by atoms with E-state index in [1.165, 1.54) is 44.3 Å². The normalized spacial score (nSPS) is 24.8. The summed E-state index contributed by atoms with van der Waals surface area (Å²) in [6, 6.07) is 0. The van der Waals surface area contributed by atoms with E-state index in [-0.39, 0.29) is 5.56 Å². The number of hydrogen-bond acceptors (Lipinski definition) is 3. The number of halogens is 1. The van der Waals surface area contributed by atoms with Crippen LogP contribution in [0.4, 0.5) is 0 Å². The Balaban J connectivity index is 1.94. The highest BCUT2D eigenvalue weighted by Crippen LogP contribution is 2.39. The van der Waals surface area contributed by atoms with Crippen LogP contribution in [0.3, 0.4) is 0 Å². The molecule has 104 valence electrons. The maximum atomic E-state index is 12.1. The molecule has 2 heterocycles. The van der Waals surface area contributed by atoms with Gasteiger partial charge in [0.1, 0.15) is 10.3 Å². The summed E-state index contributed by atoms with van der Waals surface area (Å²) in [5.74, 6) is 2.56. The molecule has 3 rings (SSSR count). The Morgan fingerprint density at radius 3 is 2.58 bits per heavy atom. The van der Waals surface area contributed by atoms with Gasteiger partial charge in [0.25, 0.3) is 5.56 Å². The van der Waals surface area contributed by atoms with E-state index in [9.17, 15) is 4.79 Å². The molecule has 1 aromatic heterocycles. The van der Waals surface area contributed by atoms with E-state index in [0.717, 1.165) is 17.9 Å². The number of aromatic amines is 1. The molecule has 1 N–H and O–H groups in total. The second kappa shape index (κ2) is 6.00. The van der Waals surface area contributed by atoms with E-state index < -0.39 is 0 Å². The molecule has 1 saturated heterocycles. The fourth-order valence-electron chi connectivity index (χ4n) is 3.07. The van der Waals surface area contributed by atoms with Crippen LogP contribution in [0.1, 0.15) is 67.6 Å². The maximum absolute atomic E-state index is 12.1. The number of nitrogens with one attached hydrogen (secondary N) is 1. The molecule has 1 atom stereocenters. The molecule has 3 nitrogen and oxygen atoms in total. The summed E-state index contributed by atoms with van der Waals surface area (Å²) in [5.41, 5.74) is 1.00. The average molecular weight is 343 g/mol. The van der Waals surface area contributed by atoms with E-state index in [4.69, 9.17) is 4.98 Å². The predicted molar refractivity (Wildman–Crippen MR) is 82.8 cm³/mol. The summed E-state index contributed by atoms with van der Waals surface area (Å²) in [7, 11) is 0. The van der Waals surface area contributed by atoms with Crippen molar-refractivity contribution in [1.29, 1.82) is 0 Å². The average Bonchev–Trinajstić information content (AvgIpc) is 2.96. The summed E-state index contributed by atoms with van der Waals surface area (Å²) >= 11 is 5.37. The predicted octanol–water partition coefficient (Wildman–Crippen LogP) is 4.15. The summed E-state index contributed by atoms with van der Waals surface area (Å²) in [6.45, 7) is 0. The zero-order chi connectivity index (χ0) is 13.2. The third-order valence-electron chi connectivity index (χ3n) is 4.13. The van der Waals surface area contributed by atoms with Crippen LogP contribution in [-0.4, -0.2) is 15.7 Å². The summed E-state index contributed by atoms with van der Waals surface area (Å²) in [5, 5.41) is 0.384. The zero-order valence-corrected chi connectivity index (χ0v) is 13.4. The number of aromatic nitrogens is 2. The topological polar surface area (TPSA) is 45.8 Å². The molecule has 0 radical (unpaired) electrons. The molecule has 0 spiro atoms. The van der Waals surface area contributed by atoms with Gasteiger partial charge in [0.2, 0.25) is 0 Å². The largest absolute Gasteiger partial charge is 0.309 e. The van der Waals surface area contributed by atoms with Gasteiger partial charge >= 0.3 is 0 Å². The third-order valence-corrected chi connectivity index (χ3v) is 6.29. The van der Waals surface area contributed by atoms with Crippen molar-refractivity contribution in [2.24, 2.45) is 0 Å². The summed E-state index contributed by atoms with van der Waals surface area (Å²) in [4.78, 5) is 19.9. The van der Waals surface area contributed by atoms with Crippen molar-refractivity contribution in [2.45, 2.75) is 56.1 Å². The first-order valence-corrected chi connectivity index (χ1v) is 9.01. The Morgan fingerprint density at radius 2 is 1.89 bits per heavy atom. The lowest BCUT2D eigenvalue weighted by Gasteiger charge is -2.21. The summed E-state index contributed by atoms with van der Waals surface area (Å²) in [6.07, 6.45) is 8.55. The van der Waals surface area contributed by atoms with Gasteiger partial charge in [0.05, 0.1) is 10.9 Å². The van der Waals surface area contributed by atoms with Gasteiger partial charge in [-0.3, -0.25) is 4.79 Å². The molecule has 0 aromatic carbocycles. The van der Waals surface area contributed by atoms with E-state index in [2.05, 4.69) is 20.9 Å². The van der Waals surface area contributed by atoms with Crippen LogP contribution in [0.5, 0.6) is 0 Å². The number of hydrogen-bond donors (Lipinski definition) is 1. The van der Waals surface area contributed by atoms with Crippen molar-refractivity contribution in [3.63, 3.8) is 0 Å². The molecule has 1 unspecified atom stereocenters. The smallest absolute Gasteiger partial charge is 0.265 e. The van der Waals surface area contributed by atoms with Crippen molar-refractivity contribution in [3.8, 4) is 0 Å². The van der Waals surface area contributed by atoms with Crippen molar-refractivity contribution < 1.29 is 0 Å². The van der Waals surface area contributed by atoms with E-state index in [1.54, 1.807) is 0 Å². The van der Waals surface area contributed by atoms with E-state index in [0.29, 0.717) is 15.6 Å². The molecular weight excluding hydrogens is 324 g/mol. The second-order valence-electron chi connectivity index (χ2n) is 5.49. The van der Waals surface area contributed by atoms with Crippen LogP contribution in [0, 0.1) is 0 Å². The van der Waals surface area contributed by atoms with Crippen LogP contribution < -0.4 is 5.56 Å². The first kappa shape index (κ1) is 13.7. The first-order valence-electron chi connectivity index (χ1n) is 7.17. The highest BCUT2D eigenvalue weighted by atomic mass is 79.9. The molecule has 0 amide bonds. The second-order valence-corrected chi connectivity index (χ2v) is 7.59. The van der Waals surface area contributed by atoms with Crippen LogP contribution in [0.25, 0.3) is 0 Å².